The van der Waals surface area contributed by atoms with Crippen LogP contribution in [0.3, 0.4) is 0 Å². The molecule has 0 aliphatic rings. The van der Waals surface area contributed by atoms with Crippen molar-refractivity contribution < 1.29 is 9.90 Å². The smallest absolute Gasteiger partial charge is 0.269 e. The summed E-state index contributed by atoms with van der Waals surface area (Å²) < 4.78 is 0. The van der Waals surface area contributed by atoms with Gasteiger partial charge in [0.1, 0.15) is 11.4 Å². The number of aromatic nitrogens is 3. The van der Waals surface area contributed by atoms with Crippen molar-refractivity contribution >= 4 is 17.7 Å². The molecule has 6 nitrogen and oxygen atoms in total. The van der Waals surface area contributed by atoms with E-state index in [4.69, 9.17) is 0 Å². The number of pyridine rings is 1. The van der Waals surface area contributed by atoms with Gasteiger partial charge in [0.05, 0.1) is 18.3 Å². The molecule has 0 radical (unpaired) electrons. The van der Waals surface area contributed by atoms with Crippen molar-refractivity contribution in [1.29, 1.82) is 0 Å². The minimum atomic E-state index is -0.273. The van der Waals surface area contributed by atoms with E-state index in [2.05, 4.69) is 20.5 Å². The number of aromatic amines is 1. The van der Waals surface area contributed by atoms with Gasteiger partial charge in [-0.15, -0.1) is 0 Å². The van der Waals surface area contributed by atoms with Gasteiger partial charge in [0.15, 0.2) is 0 Å². The molecule has 21 heavy (non-hydrogen) atoms. The first-order valence-corrected chi connectivity index (χ1v) is 8.01. The molecule has 1 unspecified atom stereocenters. The number of hydrogen-bond acceptors (Lipinski definition) is 5. The second kappa shape index (κ2) is 7.80. The summed E-state index contributed by atoms with van der Waals surface area (Å²) in [6.07, 6.45) is 4.39. The van der Waals surface area contributed by atoms with Gasteiger partial charge >= 0.3 is 0 Å². The Bertz CT molecular complexity index is 573. The molecule has 0 aliphatic carbocycles. The maximum absolute atomic E-state index is 12.1. The van der Waals surface area contributed by atoms with Gasteiger partial charge in [-0.3, -0.25) is 14.9 Å². The number of carbonyl (C=O) groups excluding carboxylic acids is 1. The average Bonchev–Trinajstić information content (AvgIpc) is 3.02. The number of thioether (sulfide) groups is 1. The Morgan fingerprint density at radius 2 is 2.33 bits per heavy atom. The predicted molar refractivity (Wildman–Crippen MR) is 83.2 cm³/mol. The average molecular weight is 306 g/mol. The standard InChI is InChI=1S/C14H18N4O2S/c1-21-7-5-10(9-19)16-14(20)13-8-12(17-18-13)11-4-2-3-6-15-11/h2-4,6,8,10,19H,5,7,9H2,1H3,(H,16,20)(H,17,18). The highest BCUT2D eigenvalue weighted by Gasteiger charge is 2.15. The molecule has 1 atom stereocenters. The highest BCUT2D eigenvalue weighted by molar-refractivity contribution is 7.98. The maximum Gasteiger partial charge on any atom is 0.269 e. The first-order chi connectivity index (χ1) is 10.2. The van der Waals surface area contributed by atoms with Gasteiger partial charge in [-0.25, -0.2) is 0 Å². The lowest BCUT2D eigenvalue weighted by atomic mass is 10.2. The topological polar surface area (TPSA) is 90.9 Å². The first-order valence-electron chi connectivity index (χ1n) is 6.62. The molecule has 0 spiro atoms. The highest BCUT2D eigenvalue weighted by atomic mass is 32.2. The third kappa shape index (κ3) is 4.30. The van der Waals surface area contributed by atoms with E-state index in [0.717, 1.165) is 12.2 Å². The molecule has 0 fully saturated rings. The minimum absolute atomic E-state index is 0.0759. The predicted octanol–water partition coefficient (Wildman–Crippen LogP) is 1.32. The van der Waals surface area contributed by atoms with Gasteiger partial charge < -0.3 is 10.4 Å². The molecular formula is C14H18N4O2S. The van der Waals surface area contributed by atoms with E-state index < -0.39 is 0 Å². The van der Waals surface area contributed by atoms with Crippen LogP contribution < -0.4 is 5.32 Å². The largest absolute Gasteiger partial charge is 0.394 e. The van der Waals surface area contributed by atoms with E-state index in [1.807, 2.05) is 24.5 Å². The van der Waals surface area contributed by atoms with Gasteiger partial charge in [0, 0.05) is 6.20 Å². The molecule has 2 aromatic rings. The van der Waals surface area contributed by atoms with Crippen LogP contribution in [-0.2, 0) is 0 Å². The quantitative estimate of drug-likeness (QED) is 0.717. The fourth-order valence-corrected chi connectivity index (χ4v) is 2.34. The van der Waals surface area contributed by atoms with E-state index in [0.29, 0.717) is 17.1 Å². The van der Waals surface area contributed by atoms with Crippen molar-refractivity contribution in [2.75, 3.05) is 18.6 Å². The van der Waals surface area contributed by atoms with Gasteiger partial charge in [-0.1, -0.05) is 6.07 Å². The zero-order chi connectivity index (χ0) is 15.1. The fourth-order valence-electron chi connectivity index (χ4n) is 1.82. The Balaban J connectivity index is 2.02. The Kier molecular flexibility index (Phi) is 5.77. The summed E-state index contributed by atoms with van der Waals surface area (Å²) in [6, 6.07) is 6.92. The Labute approximate surface area is 127 Å². The molecule has 0 bridgehead atoms. The van der Waals surface area contributed by atoms with E-state index >= 15 is 0 Å². The Hall–Kier alpha value is -1.86. The third-order valence-corrected chi connectivity index (χ3v) is 3.62. The molecule has 2 heterocycles. The second-order valence-corrected chi connectivity index (χ2v) is 5.50. The number of aliphatic hydroxyl groups excluding tert-OH is 1. The number of rotatable bonds is 7. The molecule has 7 heteroatoms. The molecule has 0 aromatic carbocycles. The SMILES string of the molecule is CSCCC(CO)NC(=O)c1cc(-c2ccccn2)n[nH]1. The monoisotopic (exact) mass is 306 g/mol. The van der Waals surface area contributed by atoms with Crippen molar-refractivity contribution in [1.82, 2.24) is 20.5 Å². The summed E-state index contributed by atoms with van der Waals surface area (Å²) in [5, 5.41) is 18.8. The molecule has 0 aliphatic heterocycles. The third-order valence-electron chi connectivity index (χ3n) is 2.98. The summed E-state index contributed by atoms with van der Waals surface area (Å²) in [4.78, 5) is 16.3. The van der Waals surface area contributed by atoms with Crippen LogP contribution in [0.2, 0.25) is 0 Å². The zero-order valence-corrected chi connectivity index (χ0v) is 12.6. The van der Waals surface area contributed by atoms with E-state index in [-0.39, 0.29) is 18.6 Å². The van der Waals surface area contributed by atoms with Crippen LogP contribution in [0.15, 0.2) is 30.5 Å². The van der Waals surface area contributed by atoms with Gasteiger partial charge in [0.25, 0.3) is 5.91 Å². The normalized spacial score (nSPS) is 12.1. The number of nitrogens with zero attached hydrogens (tertiary/aromatic N) is 2. The van der Waals surface area contributed by atoms with Gasteiger partial charge in [-0.05, 0) is 36.6 Å². The van der Waals surface area contributed by atoms with Crippen LogP contribution in [0.1, 0.15) is 16.9 Å². The molecule has 0 saturated heterocycles. The van der Waals surface area contributed by atoms with Crippen LogP contribution in [0.5, 0.6) is 0 Å². The van der Waals surface area contributed by atoms with Gasteiger partial charge in [0.2, 0.25) is 0 Å². The lowest BCUT2D eigenvalue weighted by Gasteiger charge is -2.14. The lowest BCUT2D eigenvalue weighted by Crippen LogP contribution is -2.38. The van der Waals surface area contributed by atoms with Crippen molar-refractivity contribution in [3.63, 3.8) is 0 Å². The van der Waals surface area contributed by atoms with Crippen LogP contribution in [0.4, 0.5) is 0 Å². The number of nitrogens with one attached hydrogen (secondary N) is 2. The number of aliphatic hydroxyl groups is 1. The fraction of sp³-hybridized carbons (Fsp3) is 0.357. The summed E-state index contributed by atoms with van der Waals surface area (Å²) in [5.41, 5.74) is 1.68. The van der Waals surface area contributed by atoms with Crippen molar-refractivity contribution in [3.05, 3.63) is 36.2 Å². The number of carbonyl (C=O) groups is 1. The maximum atomic E-state index is 12.1. The molecule has 2 aromatic heterocycles. The summed E-state index contributed by atoms with van der Waals surface area (Å²) in [5.74, 6) is 0.609. The van der Waals surface area contributed by atoms with E-state index in [9.17, 15) is 9.90 Å². The molecule has 112 valence electrons. The summed E-state index contributed by atoms with van der Waals surface area (Å²) in [6.45, 7) is -0.0759. The molecule has 2 rings (SSSR count). The molecule has 1 amide bonds. The zero-order valence-electron chi connectivity index (χ0n) is 11.7. The van der Waals surface area contributed by atoms with Crippen LogP contribution >= 0.6 is 11.8 Å². The van der Waals surface area contributed by atoms with Crippen molar-refractivity contribution in [2.24, 2.45) is 0 Å². The lowest BCUT2D eigenvalue weighted by molar-refractivity contribution is 0.0910. The second-order valence-electron chi connectivity index (χ2n) is 4.52. The van der Waals surface area contributed by atoms with Crippen LogP contribution in [0, 0.1) is 0 Å². The van der Waals surface area contributed by atoms with Crippen LogP contribution in [0.25, 0.3) is 11.4 Å². The minimum Gasteiger partial charge on any atom is -0.394 e. The van der Waals surface area contributed by atoms with E-state index in [1.165, 1.54) is 0 Å². The first kappa shape index (κ1) is 15.5. The Morgan fingerprint density at radius 1 is 1.48 bits per heavy atom. The van der Waals surface area contributed by atoms with Gasteiger partial charge in [-0.2, -0.15) is 16.9 Å². The number of hydrogen-bond donors (Lipinski definition) is 3. The van der Waals surface area contributed by atoms with E-state index in [1.54, 1.807) is 24.0 Å². The summed E-state index contributed by atoms with van der Waals surface area (Å²) >= 11 is 1.68. The van der Waals surface area contributed by atoms with Crippen molar-refractivity contribution in [3.8, 4) is 11.4 Å². The molecule has 0 saturated carbocycles. The number of H-pyrrole nitrogens is 1. The number of amides is 1. The Morgan fingerprint density at radius 3 is 3.00 bits per heavy atom. The summed E-state index contributed by atoms with van der Waals surface area (Å²) in [7, 11) is 0. The van der Waals surface area contributed by atoms with Crippen molar-refractivity contribution in [2.45, 2.75) is 12.5 Å². The molecule has 3 N–H and O–H groups in total. The highest BCUT2D eigenvalue weighted by Crippen LogP contribution is 2.14. The molecular weight excluding hydrogens is 288 g/mol. The van der Waals surface area contributed by atoms with Crippen LogP contribution in [-0.4, -0.2) is 50.9 Å².